The van der Waals surface area contributed by atoms with Gasteiger partial charge in [0.2, 0.25) is 0 Å². The first-order chi connectivity index (χ1) is 13.5. The van der Waals surface area contributed by atoms with Crippen molar-refractivity contribution >= 4 is 17.3 Å². The Kier molecular flexibility index (Phi) is 6.82. The molecule has 2 aliphatic heterocycles. The van der Waals surface area contributed by atoms with Gasteiger partial charge in [0.15, 0.2) is 0 Å². The minimum Gasteiger partial charge on any atom is -0.378 e. The standard InChI is InChI=1S/C19H29N5O4/c1-15(22-7-5-21(2)6-8-22)14-20-17-4-3-16(13-18(17)24(26)27)19(25)23-9-11-28-12-10-23/h3-4,13,15,20H,5-12,14H2,1-2H3. The molecule has 2 aliphatic rings. The molecule has 28 heavy (non-hydrogen) atoms. The molecular weight excluding hydrogens is 362 g/mol. The molecule has 0 radical (unpaired) electrons. The average Bonchev–Trinajstić information content (AvgIpc) is 2.72. The van der Waals surface area contributed by atoms with Gasteiger partial charge in [0.25, 0.3) is 11.6 Å². The minimum atomic E-state index is -0.432. The zero-order valence-corrected chi connectivity index (χ0v) is 16.6. The zero-order chi connectivity index (χ0) is 20.1. The Morgan fingerprint density at radius 1 is 1.21 bits per heavy atom. The van der Waals surface area contributed by atoms with Gasteiger partial charge in [-0.1, -0.05) is 0 Å². The Labute approximate surface area is 165 Å². The van der Waals surface area contributed by atoms with Gasteiger partial charge in [-0.25, -0.2) is 0 Å². The smallest absolute Gasteiger partial charge is 0.293 e. The van der Waals surface area contributed by atoms with Crippen molar-refractivity contribution in [3.8, 4) is 0 Å². The minimum absolute atomic E-state index is 0.0651. The van der Waals surface area contributed by atoms with Gasteiger partial charge in [-0.15, -0.1) is 0 Å². The molecule has 1 aromatic carbocycles. The molecule has 1 N–H and O–H groups in total. The van der Waals surface area contributed by atoms with Crippen molar-refractivity contribution in [2.75, 3.05) is 71.4 Å². The highest BCUT2D eigenvalue weighted by molar-refractivity contribution is 5.95. The molecule has 1 atom stereocenters. The van der Waals surface area contributed by atoms with Gasteiger partial charge in [-0.3, -0.25) is 19.8 Å². The van der Waals surface area contributed by atoms with Crippen molar-refractivity contribution in [3.05, 3.63) is 33.9 Å². The number of hydrogen-bond donors (Lipinski definition) is 1. The molecule has 1 aromatic rings. The highest BCUT2D eigenvalue weighted by Gasteiger charge is 2.24. The van der Waals surface area contributed by atoms with Gasteiger partial charge in [0.1, 0.15) is 5.69 Å². The van der Waals surface area contributed by atoms with Crippen molar-refractivity contribution in [2.45, 2.75) is 13.0 Å². The molecule has 1 amide bonds. The fourth-order valence-electron chi connectivity index (χ4n) is 3.56. The van der Waals surface area contributed by atoms with Crippen LogP contribution in [0.5, 0.6) is 0 Å². The number of nitro groups is 1. The molecular formula is C19H29N5O4. The summed E-state index contributed by atoms with van der Waals surface area (Å²) < 4.78 is 5.26. The normalized spacial score (nSPS) is 20.0. The number of nitrogens with one attached hydrogen (secondary N) is 1. The van der Waals surface area contributed by atoms with E-state index in [-0.39, 0.29) is 17.6 Å². The zero-order valence-electron chi connectivity index (χ0n) is 16.6. The van der Waals surface area contributed by atoms with Crippen LogP contribution < -0.4 is 5.32 Å². The first-order valence-electron chi connectivity index (χ1n) is 9.77. The van der Waals surface area contributed by atoms with Crippen LogP contribution in [-0.4, -0.2) is 97.6 Å². The van der Waals surface area contributed by atoms with E-state index in [1.54, 1.807) is 17.0 Å². The van der Waals surface area contributed by atoms with Crippen LogP contribution in [0, 0.1) is 10.1 Å². The maximum Gasteiger partial charge on any atom is 0.293 e. The lowest BCUT2D eigenvalue weighted by atomic mass is 10.1. The number of carbonyl (C=O) groups excluding carboxylic acids is 1. The van der Waals surface area contributed by atoms with Gasteiger partial charge >= 0.3 is 0 Å². The van der Waals surface area contributed by atoms with E-state index in [0.29, 0.717) is 44.1 Å². The van der Waals surface area contributed by atoms with E-state index in [2.05, 4.69) is 29.1 Å². The number of ether oxygens (including phenoxy) is 1. The average molecular weight is 391 g/mol. The van der Waals surface area contributed by atoms with Crippen molar-refractivity contribution in [1.82, 2.24) is 14.7 Å². The number of nitrogens with zero attached hydrogens (tertiary/aromatic N) is 4. The maximum absolute atomic E-state index is 12.6. The molecule has 9 heteroatoms. The third-order valence-electron chi connectivity index (χ3n) is 5.49. The van der Waals surface area contributed by atoms with E-state index in [4.69, 9.17) is 4.74 Å². The van der Waals surface area contributed by atoms with Crippen LogP contribution in [0.1, 0.15) is 17.3 Å². The number of amides is 1. The molecule has 2 fully saturated rings. The topological polar surface area (TPSA) is 91.2 Å². The predicted octanol–water partition coefficient (Wildman–Crippen LogP) is 1.12. The molecule has 9 nitrogen and oxygen atoms in total. The molecule has 3 rings (SSSR count). The number of carbonyl (C=O) groups is 1. The van der Waals surface area contributed by atoms with E-state index in [1.165, 1.54) is 6.07 Å². The molecule has 2 heterocycles. The van der Waals surface area contributed by atoms with Gasteiger partial charge in [-0.05, 0) is 26.1 Å². The summed E-state index contributed by atoms with van der Waals surface area (Å²) in [5.41, 5.74) is 0.723. The van der Waals surface area contributed by atoms with Crippen molar-refractivity contribution < 1.29 is 14.5 Å². The summed E-state index contributed by atoms with van der Waals surface area (Å²) in [4.78, 5) is 30.1. The number of benzene rings is 1. The largest absolute Gasteiger partial charge is 0.378 e. The van der Waals surface area contributed by atoms with Crippen LogP contribution in [0.15, 0.2) is 18.2 Å². The number of hydrogen-bond acceptors (Lipinski definition) is 7. The monoisotopic (exact) mass is 391 g/mol. The number of rotatable bonds is 6. The summed E-state index contributed by atoms with van der Waals surface area (Å²) in [7, 11) is 2.11. The Bertz CT molecular complexity index is 700. The first kappa shape index (κ1) is 20.5. The van der Waals surface area contributed by atoms with E-state index in [0.717, 1.165) is 26.2 Å². The summed E-state index contributed by atoms with van der Waals surface area (Å²) >= 11 is 0. The lowest BCUT2D eigenvalue weighted by molar-refractivity contribution is -0.384. The van der Waals surface area contributed by atoms with E-state index in [9.17, 15) is 14.9 Å². The maximum atomic E-state index is 12.6. The number of morpholine rings is 1. The van der Waals surface area contributed by atoms with Crippen LogP contribution in [0.3, 0.4) is 0 Å². The molecule has 1 unspecified atom stereocenters. The quantitative estimate of drug-likeness (QED) is 0.574. The highest BCUT2D eigenvalue weighted by atomic mass is 16.6. The third-order valence-corrected chi connectivity index (χ3v) is 5.49. The lowest BCUT2D eigenvalue weighted by Gasteiger charge is -2.36. The van der Waals surface area contributed by atoms with Gasteiger partial charge in [-0.2, -0.15) is 0 Å². The number of piperazine rings is 1. The lowest BCUT2D eigenvalue weighted by Crippen LogP contribution is -2.49. The molecule has 0 spiro atoms. The summed E-state index contributed by atoms with van der Waals surface area (Å²) in [6, 6.07) is 4.94. The van der Waals surface area contributed by atoms with Crippen molar-refractivity contribution in [1.29, 1.82) is 0 Å². The van der Waals surface area contributed by atoms with Crippen LogP contribution >= 0.6 is 0 Å². The van der Waals surface area contributed by atoms with Crippen LogP contribution in [0.4, 0.5) is 11.4 Å². The number of likely N-dealkylation sites (N-methyl/N-ethyl adjacent to an activating group) is 1. The summed E-state index contributed by atoms with van der Waals surface area (Å²) in [6.45, 7) is 8.80. The van der Waals surface area contributed by atoms with Crippen molar-refractivity contribution in [2.24, 2.45) is 0 Å². The van der Waals surface area contributed by atoms with Gasteiger partial charge in [0.05, 0.1) is 18.1 Å². The molecule has 0 saturated carbocycles. The summed E-state index contributed by atoms with van der Waals surface area (Å²) in [5, 5.41) is 14.8. The fraction of sp³-hybridized carbons (Fsp3) is 0.632. The fourth-order valence-corrected chi connectivity index (χ4v) is 3.56. The Hall–Kier alpha value is -2.23. The molecule has 154 valence electrons. The van der Waals surface area contributed by atoms with E-state index in [1.807, 2.05) is 0 Å². The second kappa shape index (κ2) is 9.31. The molecule has 0 aromatic heterocycles. The number of anilines is 1. The van der Waals surface area contributed by atoms with E-state index < -0.39 is 4.92 Å². The van der Waals surface area contributed by atoms with Crippen molar-refractivity contribution in [3.63, 3.8) is 0 Å². The molecule has 0 bridgehead atoms. The molecule has 0 aliphatic carbocycles. The number of nitro benzene ring substituents is 1. The molecule has 2 saturated heterocycles. The first-order valence-corrected chi connectivity index (χ1v) is 9.77. The van der Waals surface area contributed by atoms with E-state index >= 15 is 0 Å². The van der Waals surface area contributed by atoms with Gasteiger partial charge < -0.3 is 19.9 Å². The highest BCUT2D eigenvalue weighted by Crippen LogP contribution is 2.26. The SMILES string of the molecule is CC(CNc1ccc(C(=O)N2CCOCC2)cc1[N+](=O)[O-])N1CCN(C)CC1. The Balaban J connectivity index is 1.65. The Morgan fingerprint density at radius 2 is 1.89 bits per heavy atom. The predicted molar refractivity (Wildman–Crippen MR) is 107 cm³/mol. The van der Waals surface area contributed by atoms with Gasteiger partial charge in [0, 0.05) is 63.5 Å². The third kappa shape index (κ3) is 4.98. The second-order valence-electron chi connectivity index (χ2n) is 7.46. The van der Waals surface area contributed by atoms with Crippen LogP contribution in [-0.2, 0) is 4.74 Å². The van der Waals surface area contributed by atoms with Crippen LogP contribution in [0.2, 0.25) is 0 Å². The second-order valence-corrected chi connectivity index (χ2v) is 7.46. The Morgan fingerprint density at radius 3 is 2.54 bits per heavy atom. The summed E-state index contributed by atoms with van der Waals surface area (Å²) in [5.74, 6) is -0.191. The summed E-state index contributed by atoms with van der Waals surface area (Å²) in [6.07, 6.45) is 0. The van der Waals surface area contributed by atoms with Crippen LogP contribution in [0.25, 0.3) is 0 Å².